The molecular formula is C21H23N3O3. The molecule has 4 rings (SSSR count). The Labute approximate surface area is 158 Å². The third-order valence-corrected chi connectivity index (χ3v) is 4.76. The molecule has 1 aliphatic rings. The van der Waals surface area contributed by atoms with Crippen molar-refractivity contribution in [3.63, 3.8) is 0 Å². The molecular weight excluding hydrogens is 342 g/mol. The van der Waals surface area contributed by atoms with Crippen molar-refractivity contribution < 1.29 is 14.3 Å². The lowest BCUT2D eigenvalue weighted by molar-refractivity contribution is -0.135. The molecule has 1 atom stereocenters. The zero-order valence-electron chi connectivity index (χ0n) is 15.4. The van der Waals surface area contributed by atoms with Crippen molar-refractivity contribution in [3.05, 3.63) is 60.4 Å². The number of morpholine rings is 1. The van der Waals surface area contributed by atoms with Gasteiger partial charge < -0.3 is 18.9 Å². The van der Waals surface area contributed by atoms with Gasteiger partial charge in [0.2, 0.25) is 5.91 Å². The number of carbonyl (C=O) groups is 1. The fourth-order valence-electron chi connectivity index (χ4n) is 3.37. The number of amides is 1. The van der Waals surface area contributed by atoms with E-state index in [0.29, 0.717) is 26.3 Å². The van der Waals surface area contributed by atoms with Gasteiger partial charge in [0.15, 0.2) is 11.9 Å². The zero-order valence-corrected chi connectivity index (χ0v) is 15.4. The summed E-state index contributed by atoms with van der Waals surface area (Å²) >= 11 is 0. The average Bonchev–Trinajstić information content (AvgIpc) is 3.08. The number of hydrogen-bond acceptors (Lipinski definition) is 4. The largest absolute Gasteiger partial charge is 0.483 e. The van der Waals surface area contributed by atoms with Gasteiger partial charge in [-0.3, -0.25) is 4.79 Å². The summed E-state index contributed by atoms with van der Waals surface area (Å²) in [6.45, 7) is 4.67. The summed E-state index contributed by atoms with van der Waals surface area (Å²) in [7, 11) is 0. The molecule has 0 radical (unpaired) electrons. The smallest absolute Gasteiger partial charge is 0.242 e. The number of benzene rings is 2. The van der Waals surface area contributed by atoms with E-state index in [1.165, 1.54) is 0 Å². The van der Waals surface area contributed by atoms with E-state index in [4.69, 9.17) is 14.5 Å². The third kappa shape index (κ3) is 3.80. The van der Waals surface area contributed by atoms with Crippen LogP contribution in [0.15, 0.2) is 54.6 Å². The molecule has 1 amide bonds. The molecule has 1 aromatic heterocycles. The number of rotatable bonds is 5. The molecule has 1 aliphatic heterocycles. The molecule has 2 heterocycles. The summed E-state index contributed by atoms with van der Waals surface area (Å²) < 4.78 is 13.4. The van der Waals surface area contributed by atoms with Crippen molar-refractivity contribution in [2.75, 3.05) is 26.3 Å². The molecule has 1 fully saturated rings. The maximum Gasteiger partial charge on any atom is 0.242 e. The number of hydrogen-bond donors (Lipinski definition) is 0. The Balaban J connectivity index is 1.63. The third-order valence-electron chi connectivity index (χ3n) is 4.76. The lowest BCUT2D eigenvalue weighted by Gasteiger charge is -2.27. The summed E-state index contributed by atoms with van der Waals surface area (Å²) in [5, 5.41) is 0. The van der Waals surface area contributed by atoms with Gasteiger partial charge in [0.05, 0.1) is 24.2 Å². The van der Waals surface area contributed by atoms with Crippen LogP contribution in [0.5, 0.6) is 5.75 Å². The second-order valence-corrected chi connectivity index (χ2v) is 6.61. The van der Waals surface area contributed by atoms with Gasteiger partial charge in [0.25, 0.3) is 0 Å². The van der Waals surface area contributed by atoms with Gasteiger partial charge >= 0.3 is 0 Å². The van der Waals surface area contributed by atoms with Gasteiger partial charge in [-0.1, -0.05) is 30.3 Å². The number of ether oxygens (including phenoxy) is 2. The van der Waals surface area contributed by atoms with E-state index in [1.807, 2.05) is 71.0 Å². The maximum atomic E-state index is 12.8. The van der Waals surface area contributed by atoms with Crippen molar-refractivity contribution in [3.8, 4) is 5.75 Å². The number of aromatic nitrogens is 2. The van der Waals surface area contributed by atoms with Crippen molar-refractivity contribution in [2.24, 2.45) is 0 Å². The molecule has 6 nitrogen and oxygen atoms in total. The topological polar surface area (TPSA) is 56.6 Å². The van der Waals surface area contributed by atoms with E-state index >= 15 is 0 Å². The van der Waals surface area contributed by atoms with Crippen LogP contribution in [0.1, 0.15) is 18.9 Å². The highest BCUT2D eigenvalue weighted by Crippen LogP contribution is 2.25. The molecule has 2 aromatic carbocycles. The Morgan fingerprint density at radius 1 is 1.11 bits per heavy atom. The fourth-order valence-corrected chi connectivity index (χ4v) is 3.37. The number of fused-ring (bicyclic) bond motifs is 1. The molecule has 1 unspecified atom stereocenters. The minimum Gasteiger partial charge on any atom is -0.483 e. The molecule has 140 valence electrons. The highest BCUT2D eigenvalue weighted by atomic mass is 16.5. The first kappa shape index (κ1) is 17.5. The van der Waals surface area contributed by atoms with Gasteiger partial charge in [0, 0.05) is 13.1 Å². The Morgan fingerprint density at radius 2 is 1.81 bits per heavy atom. The Kier molecular flexibility index (Phi) is 5.07. The lowest BCUT2D eigenvalue weighted by Crippen LogP contribution is -2.42. The molecule has 0 spiro atoms. The second-order valence-electron chi connectivity index (χ2n) is 6.61. The van der Waals surface area contributed by atoms with E-state index in [1.54, 1.807) is 0 Å². The van der Waals surface area contributed by atoms with E-state index in [0.717, 1.165) is 22.6 Å². The van der Waals surface area contributed by atoms with E-state index in [9.17, 15) is 4.79 Å². The van der Waals surface area contributed by atoms with Gasteiger partial charge in [-0.05, 0) is 31.2 Å². The van der Waals surface area contributed by atoms with Gasteiger partial charge in [-0.15, -0.1) is 0 Å². The summed E-state index contributed by atoms with van der Waals surface area (Å²) in [5.41, 5.74) is 1.81. The Hall–Kier alpha value is -2.86. The summed E-state index contributed by atoms with van der Waals surface area (Å²) in [5.74, 6) is 1.61. The molecule has 3 aromatic rings. The molecule has 0 N–H and O–H groups in total. The Bertz CT molecular complexity index is 917. The van der Waals surface area contributed by atoms with Crippen molar-refractivity contribution in [1.29, 1.82) is 0 Å². The highest BCUT2D eigenvalue weighted by molar-refractivity contribution is 5.81. The number of carbonyl (C=O) groups excluding carboxylic acids is 1. The standard InChI is InChI=1S/C21H23N3O3/c1-16(27-17-7-3-2-4-8-17)21-22-18-9-5-6-10-19(18)24(21)15-20(25)23-11-13-26-14-12-23/h2-10,16H,11-15H2,1H3. The lowest BCUT2D eigenvalue weighted by atomic mass is 10.3. The monoisotopic (exact) mass is 365 g/mol. The minimum atomic E-state index is -0.280. The SMILES string of the molecule is CC(Oc1ccccc1)c1nc2ccccc2n1CC(=O)N1CCOCC1. The van der Waals surface area contributed by atoms with Crippen molar-refractivity contribution in [2.45, 2.75) is 19.6 Å². The van der Waals surface area contributed by atoms with Crippen LogP contribution in [0.3, 0.4) is 0 Å². The molecule has 1 saturated heterocycles. The van der Waals surface area contributed by atoms with Crippen LogP contribution in [0.25, 0.3) is 11.0 Å². The molecule has 27 heavy (non-hydrogen) atoms. The number of para-hydroxylation sites is 3. The van der Waals surface area contributed by atoms with Crippen LogP contribution < -0.4 is 4.74 Å². The molecule has 0 bridgehead atoms. The minimum absolute atomic E-state index is 0.0783. The first-order chi connectivity index (χ1) is 13.2. The fraction of sp³-hybridized carbons (Fsp3) is 0.333. The van der Waals surface area contributed by atoms with Gasteiger partial charge in [-0.2, -0.15) is 0 Å². The van der Waals surface area contributed by atoms with Crippen molar-refractivity contribution in [1.82, 2.24) is 14.5 Å². The van der Waals surface area contributed by atoms with E-state index in [2.05, 4.69) is 0 Å². The van der Waals surface area contributed by atoms with Crippen LogP contribution in [0.2, 0.25) is 0 Å². The Morgan fingerprint density at radius 3 is 2.59 bits per heavy atom. The summed E-state index contributed by atoms with van der Waals surface area (Å²) in [6, 6.07) is 17.5. The van der Waals surface area contributed by atoms with Gasteiger partial charge in [0.1, 0.15) is 12.3 Å². The predicted molar refractivity (Wildman–Crippen MR) is 103 cm³/mol. The summed E-state index contributed by atoms with van der Waals surface area (Å²) in [6.07, 6.45) is -0.280. The van der Waals surface area contributed by atoms with Crippen LogP contribution in [0, 0.1) is 0 Å². The molecule has 0 saturated carbocycles. The van der Waals surface area contributed by atoms with Gasteiger partial charge in [-0.25, -0.2) is 4.98 Å². The zero-order chi connectivity index (χ0) is 18.6. The first-order valence-electron chi connectivity index (χ1n) is 9.25. The predicted octanol–water partition coefficient (Wildman–Crippen LogP) is 3.04. The maximum absolute atomic E-state index is 12.8. The van der Waals surface area contributed by atoms with E-state index in [-0.39, 0.29) is 18.6 Å². The van der Waals surface area contributed by atoms with Crippen LogP contribution >= 0.6 is 0 Å². The first-order valence-corrected chi connectivity index (χ1v) is 9.25. The van der Waals surface area contributed by atoms with Crippen LogP contribution in [-0.2, 0) is 16.1 Å². The second kappa shape index (κ2) is 7.80. The normalized spacial score (nSPS) is 15.7. The van der Waals surface area contributed by atoms with Crippen molar-refractivity contribution >= 4 is 16.9 Å². The van der Waals surface area contributed by atoms with E-state index < -0.39 is 0 Å². The van der Waals surface area contributed by atoms with Crippen LogP contribution in [-0.4, -0.2) is 46.7 Å². The summed E-state index contributed by atoms with van der Waals surface area (Å²) in [4.78, 5) is 19.4. The average molecular weight is 365 g/mol. The van der Waals surface area contributed by atoms with Crippen LogP contribution in [0.4, 0.5) is 0 Å². The quantitative estimate of drug-likeness (QED) is 0.697. The number of imidazole rings is 1. The molecule has 0 aliphatic carbocycles. The number of nitrogens with zero attached hydrogens (tertiary/aromatic N) is 3. The molecule has 6 heteroatoms. The highest BCUT2D eigenvalue weighted by Gasteiger charge is 2.23.